The van der Waals surface area contributed by atoms with E-state index in [2.05, 4.69) is 40.0 Å². The van der Waals surface area contributed by atoms with Gasteiger partial charge in [-0.3, -0.25) is 14.2 Å². The van der Waals surface area contributed by atoms with E-state index in [0.29, 0.717) is 30.0 Å². The normalized spacial score (nSPS) is 15.1. The summed E-state index contributed by atoms with van der Waals surface area (Å²) in [6.07, 6.45) is 4.79. The zero-order valence-corrected chi connectivity index (χ0v) is 25.4. The first-order valence-corrected chi connectivity index (χ1v) is 14.6. The van der Waals surface area contributed by atoms with Gasteiger partial charge in [0.05, 0.1) is 41.7 Å². The maximum absolute atomic E-state index is 14.3. The number of amides is 1. The van der Waals surface area contributed by atoms with Crippen LogP contribution in [-0.2, 0) is 19.4 Å². The molecule has 1 unspecified atom stereocenters. The van der Waals surface area contributed by atoms with Crippen LogP contribution in [0, 0.1) is 19.8 Å². The van der Waals surface area contributed by atoms with Crippen molar-refractivity contribution in [3.05, 3.63) is 103 Å². The van der Waals surface area contributed by atoms with Crippen molar-refractivity contribution in [2.24, 2.45) is 5.92 Å². The van der Waals surface area contributed by atoms with Gasteiger partial charge in [-0.25, -0.2) is 4.52 Å². The Kier molecular flexibility index (Phi) is 6.89. The molecule has 0 N–H and O–H groups in total. The van der Waals surface area contributed by atoms with Crippen LogP contribution in [0.2, 0.25) is 0 Å². The summed E-state index contributed by atoms with van der Waals surface area (Å²) in [7, 11) is 0. The topological polar surface area (TPSA) is 90.3 Å². The first-order valence-electron chi connectivity index (χ1n) is 13.8. The molecular weight excluding hydrogens is 582 g/mol. The van der Waals surface area contributed by atoms with Crippen LogP contribution < -0.4 is 5.56 Å². The number of benzene rings is 2. The highest BCUT2D eigenvalue weighted by atomic mass is 79.9. The first-order chi connectivity index (χ1) is 19.6. The van der Waals surface area contributed by atoms with E-state index in [4.69, 9.17) is 5.10 Å². The number of hydrogen-bond donors (Lipinski definition) is 0. The molecule has 1 amide bonds. The fourth-order valence-electron chi connectivity index (χ4n) is 5.62. The monoisotopic (exact) mass is 613 g/mol. The van der Waals surface area contributed by atoms with Crippen LogP contribution in [0.4, 0.5) is 0 Å². The third-order valence-electron chi connectivity index (χ3n) is 7.68. The minimum atomic E-state index is -0.153. The van der Waals surface area contributed by atoms with Gasteiger partial charge in [0.2, 0.25) is 0 Å². The van der Waals surface area contributed by atoms with Gasteiger partial charge in [0.15, 0.2) is 0 Å². The lowest BCUT2D eigenvalue weighted by molar-refractivity contribution is 0.0651. The Labute approximate surface area is 246 Å². The second-order valence-electron chi connectivity index (χ2n) is 11.3. The van der Waals surface area contributed by atoms with E-state index >= 15 is 0 Å². The van der Waals surface area contributed by atoms with E-state index < -0.39 is 0 Å². The van der Waals surface area contributed by atoms with E-state index in [-0.39, 0.29) is 17.5 Å². The zero-order chi connectivity index (χ0) is 29.0. The van der Waals surface area contributed by atoms with Crippen molar-refractivity contribution in [2.45, 2.75) is 60.0 Å². The number of nitrogens with zero attached hydrogens (tertiary/aromatic N) is 7. The molecule has 1 aliphatic rings. The van der Waals surface area contributed by atoms with E-state index in [1.54, 1.807) is 15.6 Å². The van der Waals surface area contributed by atoms with Crippen molar-refractivity contribution in [1.29, 1.82) is 0 Å². The lowest BCUT2D eigenvalue weighted by Crippen LogP contribution is -2.46. The van der Waals surface area contributed by atoms with Crippen molar-refractivity contribution >= 4 is 27.5 Å². The summed E-state index contributed by atoms with van der Waals surface area (Å²) in [5, 5.41) is 13.5. The molecule has 2 aromatic carbocycles. The van der Waals surface area contributed by atoms with Gasteiger partial charge in [-0.15, -0.1) is 0 Å². The highest BCUT2D eigenvalue weighted by molar-refractivity contribution is 9.10. The van der Waals surface area contributed by atoms with Crippen molar-refractivity contribution in [2.75, 3.05) is 0 Å². The number of hydrogen-bond acceptors (Lipinski definition) is 5. The number of rotatable bonds is 5. The quantitative estimate of drug-likeness (QED) is 0.271. The van der Waals surface area contributed by atoms with Gasteiger partial charge in [0.25, 0.3) is 11.5 Å². The summed E-state index contributed by atoms with van der Waals surface area (Å²) in [6.45, 7) is 10.5. The number of carbonyl (C=O) groups excluding carboxylic acids is 1. The lowest BCUT2D eigenvalue weighted by atomic mass is 9.97. The second-order valence-corrected chi connectivity index (χ2v) is 12.2. The smallest absolute Gasteiger partial charge is 0.261 e. The van der Waals surface area contributed by atoms with Crippen LogP contribution in [0.5, 0.6) is 0 Å². The second kappa shape index (κ2) is 10.4. The molecule has 0 saturated heterocycles. The SMILES string of the molecule is Cc1cnn(-c2ccc(-n3c(=O)c4c(n5ncc(CC(C)C)c35)CN(C(=O)c3ccc(Br)c(C)c3)C(C)C4)cc2)n1. The predicted molar refractivity (Wildman–Crippen MR) is 161 cm³/mol. The lowest BCUT2D eigenvalue weighted by Gasteiger charge is -2.35. The molecule has 0 fully saturated rings. The zero-order valence-electron chi connectivity index (χ0n) is 23.8. The third-order valence-corrected chi connectivity index (χ3v) is 8.57. The molecule has 4 heterocycles. The molecule has 6 rings (SSSR count). The van der Waals surface area contributed by atoms with Crippen molar-refractivity contribution in [3.8, 4) is 11.4 Å². The van der Waals surface area contributed by atoms with E-state index in [1.807, 2.05) is 78.8 Å². The summed E-state index contributed by atoms with van der Waals surface area (Å²) in [4.78, 5) is 31.4. The molecule has 0 radical (unpaired) electrons. The summed E-state index contributed by atoms with van der Waals surface area (Å²) in [6, 6.07) is 13.2. The number of fused-ring (bicyclic) bond motifs is 3. The molecule has 1 aliphatic heterocycles. The van der Waals surface area contributed by atoms with Crippen molar-refractivity contribution in [1.82, 2.24) is 34.1 Å². The van der Waals surface area contributed by atoms with Gasteiger partial charge >= 0.3 is 0 Å². The van der Waals surface area contributed by atoms with Crippen molar-refractivity contribution < 1.29 is 4.79 Å². The van der Waals surface area contributed by atoms with Crippen LogP contribution in [0.25, 0.3) is 17.0 Å². The van der Waals surface area contributed by atoms with Gasteiger partial charge in [0.1, 0.15) is 5.65 Å². The molecule has 3 aromatic heterocycles. The Morgan fingerprint density at radius 3 is 2.44 bits per heavy atom. The fourth-order valence-corrected chi connectivity index (χ4v) is 5.87. The Bertz CT molecular complexity index is 1850. The Morgan fingerprint density at radius 1 is 1.05 bits per heavy atom. The minimum absolute atomic E-state index is 0.0521. The Hall–Kier alpha value is -4.05. The molecule has 0 spiro atoms. The van der Waals surface area contributed by atoms with Crippen molar-refractivity contribution in [3.63, 3.8) is 0 Å². The van der Waals surface area contributed by atoms with Gasteiger partial charge in [0, 0.05) is 27.2 Å². The average Bonchev–Trinajstić information content (AvgIpc) is 3.56. The summed E-state index contributed by atoms with van der Waals surface area (Å²) < 4.78 is 4.61. The van der Waals surface area contributed by atoms with Crippen LogP contribution in [0.1, 0.15) is 59.2 Å². The van der Waals surface area contributed by atoms with Gasteiger partial charge in [-0.2, -0.15) is 20.1 Å². The Balaban J connectivity index is 1.48. The molecule has 0 bridgehead atoms. The minimum Gasteiger partial charge on any atom is -0.330 e. The summed E-state index contributed by atoms with van der Waals surface area (Å²) in [5.74, 6) is 0.321. The average molecular weight is 615 g/mol. The number of aromatic nitrogens is 6. The van der Waals surface area contributed by atoms with E-state index in [1.165, 1.54) is 0 Å². The van der Waals surface area contributed by atoms with Gasteiger partial charge in [-0.1, -0.05) is 29.8 Å². The van der Waals surface area contributed by atoms with Crippen LogP contribution in [-0.4, -0.2) is 46.0 Å². The van der Waals surface area contributed by atoms with Gasteiger partial charge < -0.3 is 4.90 Å². The van der Waals surface area contributed by atoms with Crippen LogP contribution >= 0.6 is 15.9 Å². The van der Waals surface area contributed by atoms with E-state index in [9.17, 15) is 9.59 Å². The van der Waals surface area contributed by atoms with Crippen LogP contribution in [0.15, 0.2) is 64.1 Å². The fraction of sp³-hybridized carbons (Fsp3) is 0.323. The molecule has 1 atom stereocenters. The van der Waals surface area contributed by atoms with E-state index in [0.717, 1.165) is 50.4 Å². The summed E-state index contributed by atoms with van der Waals surface area (Å²) in [5.41, 5.74) is 7.14. The highest BCUT2D eigenvalue weighted by Gasteiger charge is 2.33. The molecule has 0 saturated carbocycles. The first kappa shape index (κ1) is 27.1. The molecule has 0 aliphatic carbocycles. The van der Waals surface area contributed by atoms with Gasteiger partial charge in [-0.05, 0) is 87.6 Å². The predicted octanol–water partition coefficient (Wildman–Crippen LogP) is 5.23. The maximum atomic E-state index is 14.3. The molecule has 41 heavy (non-hydrogen) atoms. The largest absolute Gasteiger partial charge is 0.330 e. The number of halogens is 1. The maximum Gasteiger partial charge on any atom is 0.261 e. The molecule has 10 heteroatoms. The number of carbonyl (C=O) groups is 1. The number of aryl methyl sites for hydroxylation is 2. The summed E-state index contributed by atoms with van der Waals surface area (Å²) >= 11 is 3.52. The molecular formula is C31H32BrN7O2. The highest BCUT2D eigenvalue weighted by Crippen LogP contribution is 2.28. The molecule has 210 valence electrons. The third kappa shape index (κ3) is 4.80. The molecule has 5 aromatic rings. The standard InChI is InChI=1S/C31H32BrN7O2/c1-18(2)12-23-16-33-38-28-17-36(30(40)22-6-11-27(32)19(3)13-22)21(5)14-26(28)31(41)37(29(23)38)24-7-9-25(10-8-24)39-34-15-20(4)35-39/h6-11,13,15-16,18,21H,12,14,17H2,1-5H3. The van der Waals surface area contributed by atoms with Crippen LogP contribution in [0.3, 0.4) is 0 Å². The molecule has 9 nitrogen and oxygen atoms in total. The Morgan fingerprint density at radius 2 is 1.78 bits per heavy atom.